The summed E-state index contributed by atoms with van der Waals surface area (Å²) in [5.74, 6) is -0.436. The van der Waals surface area contributed by atoms with Gasteiger partial charge in [0.15, 0.2) is 6.10 Å². The van der Waals surface area contributed by atoms with Crippen LogP contribution in [0.4, 0.5) is 0 Å². The van der Waals surface area contributed by atoms with Gasteiger partial charge in [-0.1, -0.05) is 79.7 Å². The minimum Gasteiger partial charge on any atom is -0.394 e. The topological polar surface area (TPSA) is 79.3 Å². The van der Waals surface area contributed by atoms with Gasteiger partial charge in [-0.15, -0.1) is 0 Å². The molecule has 3 aromatic rings. The third-order valence-corrected chi connectivity index (χ3v) is 7.49. The summed E-state index contributed by atoms with van der Waals surface area (Å²) in [5, 5.41) is 10.0. The second-order valence-electron chi connectivity index (χ2n) is 10.3. The van der Waals surface area contributed by atoms with Gasteiger partial charge in [-0.2, -0.15) is 0 Å². The molecular weight excluding hydrogens is 492 g/mol. The highest BCUT2D eigenvalue weighted by Gasteiger charge is 2.32. The third kappa shape index (κ3) is 6.38. The van der Waals surface area contributed by atoms with E-state index >= 15 is 0 Å². The number of rotatable bonds is 7. The van der Waals surface area contributed by atoms with E-state index in [0.717, 1.165) is 22.3 Å². The number of likely N-dealkylation sites (N-methyl/N-ethyl adjacent to an activating group) is 1. The van der Waals surface area contributed by atoms with Crippen molar-refractivity contribution in [3.8, 4) is 11.1 Å². The predicted molar refractivity (Wildman–Crippen MR) is 151 cm³/mol. The van der Waals surface area contributed by atoms with Crippen molar-refractivity contribution in [3.63, 3.8) is 0 Å². The second-order valence-corrected chi connectivity index (χ2v) is 10.3. The normalized spacial score (nSPS) is 19.3. The molecule has 4 rings (SSSR count). The summed E-state index contributed by atoms with van der Waals surface area (Å²) in [4.78, 5) is 30.8. The number of methoxy groups -OCH3 is 1. The van der Waals surface area contributed by atoms with E-state index in [-0.39, 0.29) is 36.5 Å². The molecule has 7 nitrogen and oxygen atoms in total. The van der Waals surface area contributed by atoms with Crippen LogP contribution in [0.25, 0.3) is 11.1 Å². The fourth-order valence-electron chi connectivity index (χ4n) is 5.12. The lowest BCUT2D eigenvalue weighted by molar-refractivity contribution is -0.143. The molecule has 0 spiro atoms. The molecule has 4 atom stereocenters. The highest BCUT2D eigenvalue weighted by molar-refractivity contribution is 6.01. The van der Waals surface area contributed by atoms with Crippen LogP contribution in [0.2, 0.25) is 0 Å². The van der Waals surface area contributed by atoms with Crippen LogP contribution in [0.1, 0.15) is 41.4 Å². The zero-order valence-electron chi connectivity index (χ0n) is 23.1. The minimum atomic E-state index is -0.725. The van der Waals surface area contributed by atoms with E-state index in [4.69, 9.17) is 9.47 Å². The van der Waals surface area contributed by atoms with Gasteiger partial charge in [0, 0.05) is 38.7 Å². The highest BCUT2D eigenvalue weighted by atomic mass is 16.5. The Bertz CT molecular complexity index is 1260. The molecule has 2 amide bonds. The monoisotopic (exact) mass is 530 g/mol. The molecule has 3 aromatic carbocycles. The van der Waals surface area contributed by atoms with E-state index in [2.05, 4.69) is 0 Å². The highest BCUT2D eigenvalue weighted by Crippen LogP contribution is 2.31. The van der Waals surface area contributed by atoms with Gasteiger partial charge >= 0.3 is 0 Å². The zero-order valence-corrected chi connectivity index (χ0v) is 23.1. The number of aliphatic hydroxyl groups is 1. The Kier molecular flexibility index (Phi) is 9.51. The molecular formula is C32H38N2O5. The molecule has 1 aliphatic rings. The molecule has 0 saturated heterocycles. The molecule has 1 aliphatic heterocycles. The van der Waals surface area contributed by atoms with Gasteiger partial charge in [0.25, 0.3) is 11.8 Å². The molecule has 206 valence electrons. The largest absolute Gasteiger partial charge is 0.394 e. The van der Waals surface area contributed by atoms with E-state index in [1.54, 1.807) is 16.8 Å². The van der Waals surface area contributed by atoms with Crippen LogP contribution in [-0.4, -0.2) is 72.7 Å². The van der Waals surface area contributed by atoms with Crippen molar-refractivity contribution in [2.75, 3.05) is 33.9 Å². The molecule has 0 unspecified atom stereocenters. The standard InChI is InChI=1S/C32H38N2O5/c1-22-18-34(23(2)20-35)31(36)28-17-11-10-16-27(28)26-15-9-8-14-25(26)21-39-29(22)19-33(3)32(37)30(38-4)24-12-6-5-7-13-24/h5-17,22-23,29-30,35H,18-21H2,1-4H3/t22-,23-,29+,30-/m1/s1. The average Bonchev–Trinajstić information content (AvgIpc) is 2.99. The summed E-state index contributed by atoms with van der Waals surface area (Å²) < 4.78 is 12.1. The predicted octanol–water partition coefficient (Wildman–Crippen LogP) is 4.56. The summed E-state index contributed by atoms with van der Waals surface area (Å²) in [5.41, 5.74) is 4.11. The lowest BCUT2D eigenvalue weighted by Gasteiger charge is -2.35. The van der Waals surface area contributed by atoms with Gasteiger partial charge in [-0.05, 0) is 35.2 Å². The SMILES string of the molecule is CO[C@@H](C(=O)N(C)C[C@@H]1OCc2ccccc2-c2ccccc2C(=O)N([C@H](C)CO)C[C@H]1C)c1ccccc1. The van der Waals surface area contributed by atoms with Gasteiger partial charge in [0.1, 0.15) is 0 Å². The van der Waals surface area contributed by atoms with Gasteiger partial charge in [-0.25, -0.2) is 0 Å². The van der Waals surface area contributed by atoms with Crippen molar-refractivity contribution >= 4 is 11.8 Å². The van der Waals surface area contributed by atoms with Crippen LogP contribution in [0.15, 0.2) is 78.9 Å². The Morgan fingerprint density at radius 1 is 1.03 bits per heavy atom. The van der Waals surface area contributed by atoms with E-state index in [9.17, 15) is 14.7 Å². The summed E-state index contributed by atoms with van der Waals surface area (Å²) in [6.45, 7) is 4.72. The molecule has 39 heavy (non-hydrogen) atoms. The Hall–Kier alpha value is -3.52. The number of hydrogen-bond acceptors (Lipinski definition) is 5. The van der Waals surface area contributed by atoms with Gasteiger partial charge in [-0.3, -0.25) is 9.59 Å². The number of amides is 2. The molecule has 0 fully saturated rings. The van der Waals surface area contributed by atoms with Crippen molar-refractivity contribution in [1.82, 2.24) is 9.80 Å². The lowest BCUT2D eigenvalue weighted by atomic mass is 9.94. The third-order valence-electron chi connectivity index (χ3n) is 7.49. The van der Waals surface area contributed by atoms with Crippen LogP contribution in [0.3, 0.4) is 0 Å². The van der Waals surface area contributed by atoms with Crippen LogP contribution < -0.4 is 0 Å². The Balaban J connectivity index is 1.68. The molecule has 1 N–H and O–H groups in total. The van der Waals surface area contributed by atoms with E-state index in [1.165, 1.54) is 7.11 Å². The fourth-order valence-corrected chi connectivity index (χ4v) is 5.12. The maximum absolute atomic E-state index is 13.9. The van der Waals surface area contributed by atoms with E-state index in [0.29, 0.717) is 25.3 Å². The Labute approximate surface area is 231 Å². The van der Waals surface area contributed by atoms with Gasteiger partial charge in [0.2, 0.25) is 0 Å². The van der Waals surface area contributed by atoms with Gasteiger partial charge < -0.3 is 24.4 Å². The Morgan fingerprint density at radius 3 is 2.31 bits per heavy atom. The first-order valence-corrected chi connectivity index (χ1v) is 13.4. The minimum absolute atomic E-state index is 0.131. The molecule has 0 saturated carbocycles. The first-order valence-electron chi connectivity index (χ1n) is 13.4. The summed E-state index contributed by atoms with van der Waals surface area (Å²) >= 11 is 0. The number of carbonyl (C=O) groups excluding carboxylic acids is 2. The van der Waals surface area contributed by atoms with Crippen LogP contribution in [0, 0.1) is 5.92 Å². The quantitative estimate of drug-likeness (QED) is 0.485. The number of ether oxygens (including phenoxy) is 2. The molecule has 1 heterocycles. The number of hydrogen-bond donors (Lipinski definition) is 1. The maximum atomic E-state index is 13.9. The van der Waals surface area contributed by atoms with Crippen LogP contribution in [0.5, 0.6) is 0 Å². The van der Waals surface area contributed by atoms with Crippen molar-refractivity contribution in [3.05, 3.63) is 95.6 Å². The van der Waals surface area contributed by atoms with Crippen molar-refractivity contribution in [1.29, 1.82) is 0 Å². The molecule has 0 aromatic heterocycles. The number of benzene rings is 3. The maximum Gasteiger partial charge on any atom is 0.256 e. The van der Waals surface area contributed by atoms with Crippen molar-refractivity contribution in [2.24, 2.45) is 5.92 Å². The van der Waals surface area contributed by atoms with Gasteiger partial charge in [0.05, 0.1) is 25.4 Å². The molecule has 0 aliphatic carbocycles. The summed E-state index contributed by atoms with van der Waals surface area (Å²) in [6.07, 6.45) is -1.10. The fraction of sp³-hybridized carbons (Fsp3) is 0.375. The van der Waals surface area contributed by atoms with Crippen molar-refractivity contribution < 1.29 is 24.2 Å². The van der Waals surface area contributed by atoms with Crippen LogP contribution in [-0.2, 0) is 20.9 Å². The number of carbonyl (C=O) groups is 2. The van der Waals surface area contributed by atoms with Crippen molar-refractivity contribution in [2.45, 2.75) is 38.7 Å². The summed E-state index contributed by atoms with van der Waals surface area (Å²) in [6, 6.07) is 24.5. The molecule has 7 heteroatoms. The first kappa shape index (κ1) is 28.5. The lowest BCUT2D eigenvalue weighted by Crippen LogP contribution is -2.48. The Morgan fingerprint density at radius 2 is 1.64 bits per heavy atom. The number of fused-ring (bicyclic) bond motifs is 3. The van der Waals surface area contributed by atoms with Crippen LogP contribution >= 0.6 is 0 Å². The smallest absolute Gasteiger partial charge is 0.256 e. The number of aliphatic hydroxyl groups excluding tert-OH is 1. The first-order chi connectivity index (χ1) is 18.8. The summed E-state index contributed by atoms with van der Waals surface area (Å²) in [7, 11) is 3.28. The van der Waals surface area contributed by atoms with E-state index in [1.807, 2.05) is 92.7 Å². The molecule has 0 radical (unpaired) electrons. The zero-order chi connectivity index (χ0) is 27.9. The van der Waals surface area contributed by atoms with E-state index < -0.39 is 6.10 Å². The number of nitrogens with zero attached hydrogens (tertiary/aromatic N) is 2. The second kappa shape index (κ2) is 13.0. The molecule has 0 bridgehead atoms. The average molecular weight is 531 g/mol.